The predicted octanol–water partition coefficient (Wildman–Crippen LogP) is 0.680. The van der Waals surface area contributed by atoms with Crippen LogP contribution in [-0.4, -0.2) is 30.1 Å². The standard InChI is InChI=1S/C17H18N2O5/c20-14(11-3-4-15-12(8-11)5-7-24-15)10-19-17(22)16(21)18-9-13-2-1-6-23-13/h1-4,6,8,14,20H,5,7,9-10H2,(H,18,21)(H,19,22)/t14-/m0/s1. The number of aliphatic hydroxyl groups excluding tert-OH is 1. The van der Waals surface area contributed by atoms with E-state index in [1.54, 1.807) is 24.3 Å². The lowest BCUT2D eigenvalue weighted by atomic mass is 10.0. The molecule has 3 N–H and O–H groups in total. The van der Waals surface area contributed by atoms with E-state index in [1.165, 1.54) is 6.26 Å². The molecule has 7 heteroatoms. The van der Waals surface area contributed by atoms with Crippen LogP contribution in [0, 0.1) is 0 Å². The van der Waals surface area contributed by atoms with Gasteiger partial charge in [-0.25, -0.2) is 0 Å². The van der Waals surface area contributed by atoms with Crippen LogP contribution in [0.15, 0.2) is 41.0 Å². The summed E-state index contributed by atoms with van der Waals surface area (Å²) in [5.74, 6) is -0.199. The van der Waals surface area contributed by atoms with Gasteiger partial charge in [0.25, 0.3) is 0 Å². The highest BCUT2D eigenvalue weighted by Crippen LogP contribution is 2.27. The Morgan fingerprint density at radius 1 is 1.21 bits per heavy atom. The van der Waals surface area contributed by atoms with Gasteiger partial charge in [-0.15, -0.1) is 0 Å². The molecule has 2 heterocycles. The van der Waals surface area contributed by atoms with Crippen molar-refractivity contribution in [3.63, 3.8) is 0 Å². The first-order valence-corrected chi connectivity index (χ1v) is 7.65. The molecule has 24 heavy (non-hydrogen) atoms. The maximum atomic E-state index is 11.7. The molecule has 0 fully saturated rings. The van der Waals surface area contributed by atoms with Gasteiger partial charge in [0.05, 0.1) is 25.5 Å². The second-order valence-corrected chi connectivity index (χ2v) is 5.45. The Morgan fingerprint density at radius 3 is 2.83 bits per heavy atom. The van der Waals surface area contributed by atoms with Crippen molar-refractivity contribution < 1.29 is 23.8 Å². The number of amides is 2. The minimum absolute atomic E-state index is 0.0490. The normalized spacial score (nSPS) is 13.7. The van der Waals surface area contributed by atoms with E-state index in [0.29, 0.717) is 17.9 Å². The summed E-state index contributed by atoms with van der Waals surface area (Å²) in [6.07, 6.45) is 1.40. The number of hydrogen-bond acceptors (Lipinski definition) is 5. The third-order valence-electron chi connectivity index (χ3n) is 3.76. The average molecular weight is 330 g/mol. The number of furan rings is 1. The summed E-state index contributed by atoms with van der Waals surface area (Å²) in [6, 6.07) is 8.80. The fraction of sp³-hybridized carbons (Fsp3) is 0.294. The first-order valence-electron chi connectivity index (χ1n) is 7.65. The van der Waals surface area contributed by atoms with Gasteiger partial charge in [0, 0.05) is 13.0 Å². The van der Waals surface area contributed by atoms with Gasteiger partial charge in [0.2, 0.25) is 0 Å². The number of ether oxygens (including phenoxy) is 1. The van der Waals surface area contributed by atoms with E-state index in [1.807, 2.05) is 6.07 Å². The third-order valence-corrected chi connectivity index (χ3v) is 3.76. The molecule has 0 bridgehead atoms. The molecule has 126 valence electrons. The van der Waals surface area contributed by atoms with Crippen molar-refractivity contribution >= 4 is 11.8 Å². The summed E-state index contributed by atoms with van der Waals surface area (Å²) in [5, 5.41) is 15.0. The highest BCUT2D eigenvalue weighted by Gasteiger charge is 2.18. The molecule has 1 atom stereocenters. The van der Waals surface area contributed by atoms with Gasteiger partial charge in [-0.05, 0) is 35.4 Å². The number of carbonyl (C=O) groups excluding carboxylic acids is 2. The smallest absolute Gasteiger partial charge is 0.309 e. The van der Waals surface area contributed by atoms with E-state index < -0.39 is 17.9 Å². The molecule has 0 saturated heterocycles. The molecule has 1 aliphatic rings. The van der Waals surface area contributed by atoms with Gasteiger partial charge >= 0.3 is 11.8 Å². The van der Waals surface area contributed by atoms with Crippen molar-refractivity contribution in [2.45, 2.75) is 19.1 Å². The van der Waals surface area contributed by atoms with Crippen LogP contribution in [-0.2, 0) is 22.6 Å². The fourth-order valence-corrected chi connectivity index (χ4v) is 2.46. The Morgan fingerprint density at radius 2 is 2.04 bits per heavy atom. The highest BCUT2D eigenvalue weighted by atomic mass is 16.5. The van der Waals surface area contributed by atoms with E-state index in [-0.39, 0.29) is 13.1 Å². The number of carbonyl (C=O) groups is 2. The van der Waals surface area contributed by atoms with Crippen LogP contribution < -0.4 is 15.4 Å². The zero-order valence-corrected chi connectivity index (χ0v) is 13.0. The van der Waals surface area contributed by atoms with Gasteiger partial charge in [0.1, 0.15) is 11.5 Å². The Kier molecular flexibility index (Phi) is 4.81. The molecule has 1 aromatic heterocycles. The first-order chi connectivity index (χ1) is 11.6. The summed E-state index contributed by atoms with van der Waals surface area (Å²) in [4.78, 5) is 23.4. The van der Waals surface area contributed by atoms with Crippen LogP contribution in [0.2, 0.25) is 0 Å². The second-order valence-electron chi connectivity index (χ2n) is 5.45. The zero-order chi connectivity index (χ0) is 16.9. The lowest BCUT2D eigenvalue weighted by Gasteiger charge is -2.13. The van der Waals surface area contributed by atoms with E-state index in [2.05, 4.69) is 10.6 Å². The molecule has 0 aliphatic carbocycles. The van der Waals surface area contributed by atoms with Crippen molar-refractivity contribution in [3.8, 4) is 5.75 Å². The number of nitrogens with one attached hydrogen (secondary N) is 2. The van der Waals surface area contributed by atoms with E-state index >= 15 is 0 Å². The molecule has 1 aliphatic heterocycles. The Labute approximate surface area is 138 Å². The minimum atomic E-state index is -0.891. The van der Waals surface area contributed by atoms with Crippen molar-refractivity contribution in [2.24, 2.45) is 0 Å². The zero-order valence-electron chi connectivity index (χ0n) is 13.0. The molecule has 0 saturated carbocycles. The topological polar surface area (TPSA) is 101 Å². The van der Waals surface area contributed by atoms with Crippen LogP contribution in [0.4, 0.5) is 0 Å². The fourth-order valence-electron chi connectivity index (χ4n) is 2.46. The molecular weight excluding hydrogens is 312 g/mol. The van der Waals surface area contributed by atoms with Crippen LogP contribution in [0.25, 0.3) is 0 Å². The van der Waals surface area contributed by atoms with Gasteiger partial charge in [0.15, 0.2) is 0 Å². The Balaban J connectivity index is 1.47. The van der Waals surface area contributed by atoms with Crippen molar-refractivity contribution in [1.82, 2.24) is 10.6 Å². The average Bonchev–Trinajstić information content (AvgIpc) is 3.27. The summed E-state index contributed by atoms with van der Waals surface area (Å²) < 4.78 is 10.5. The van der Waals surface area contributed by atoms with Gasteiger partial charge < -0.3 is 24.9 Å². The first kappa shape index (κ1) is 16.1. The van der Waals surface area contributed by atoms with Crippen molar-refractivity contribution in [2.75, 3.05) is 13.2 Å². The number of rotatable bonds is 5. The summed E-state index contributed by atoms with van der Waals surface area (Å²) in [7, 11) is 0. The molecule has 3 rings (SSSR count). The van der Waals surface area contributed by atoms with Crippen LogP contribution >= 0.6 is 0 Å². The molecule has 7 nitrogen and oxygen atoms in total. The number of hydrogen-bond donors (Lipinski definition) is 3. The molecule has 2 amide bonds. The molecule has 1 aromatic carbocycles. The van der Waals surface area contributed by atoms with Crippen LogP contribution in [0.1, 0.15) is 23.0 Å². The number of benzene rings is 1. The largest absolute Gasteiger partial charge is 0.493 e. The highest BCUT2D eigenvalue weighted by molar-refractivity contribution is 6.35. The molecular formula is C17H18N2O5. The predicted molar refractivity (Wildman–Crippen MR) is 84.2 cm³/mol. The monoisotopic (exact) mass is 330 g/mol. The summed E-state index contributed by atoms with van der Waals surface area (Å²) in [6.45, 7) is 0.723. The molecule has 0 unspecified atom stereocenters. The van der Waals surface area contributed by atoms with Crippen molar-refractivity contribution in [3.05, 3.63) is 53.5 Å². The quantitative estimate of drug-likeness (QED) is 0.700. The SMILES string of the molecule is O=C(NCc1ccco1)C(=O)NC[C@H](O)c1ccc2c(c1)CCO2. The molecule has 0 radical (unpaired) electrons. The van der Waals surface area contributed by atoms with Crippen molar-refractivity contribution in [1.29, 1.82) is 0 Å². The Hall–Kier alpha value is -2.80. The van der Waals surface area contributed by atoms with E-state index in [4.69, 9.17) is 9.15 Å². The lowest BCUT2D eigenvalue weighted by molar-refractivity contribution is -0.139. The minimum Gasteiger partial charge on any atom is -0.493 e. The van der Waals surface area contributed by atoms with Crippen LogP contribution in [0.3, 0.4) is 0 Å². The van der Waals surface area contributed by atoms with Gasteiger partial charge in [-0.1, -0.05) is 6.07 Å². The molecule has 0 spiro atoms. The maximum absolute atomic E-state index is 11.7. The van der Waals surface area contributed by atoms with Gasteiger partial charge in [-0.2, -0.15) is 0 Å². The van der Waals surface area contributed by atoms with E-state index in [9.17, 15) is 14.7 Å². The van der Waals surface area contributed by atoms with Gasteiger partial charge in [-0.3, -0.25) is 9.59 Å². The number of fused-ring (bicyclic) bond motifs is 1. The lowest BCUT2D eigenvalue weighted by Crippen LogP contribution is -2.41. The second kappa shape index (κ2) is 7.18. The Bertz CT molecular complexity index is 727. The third kappa shape index (κ3) is 3.75. The van der Waals surface area contributed by atoms with Crippen LogP contribution in [0.5, 0.6) is 5.75 Å². The maximum Gasteiger partial charge on any atom is 0.309 e. The molecule has 2 aromatic rings. The summed E-state index contributed by atoms with van der Waals surface area (Å²) in [5.41, 5.74) is 1.71. The summed E-state index contributed by atoms with van der Waals surface area (Å²) >= 11 is 0. The number of aliphatic hydroxyl groups is 1. The van der Waals surface area contributed by atoms with E-state index in [0.717, 1.165) is 17.7 Å².